The number of amides is 1. The Morgan fingerprint density at radius 2 is 1.60 bits per heavy atom. The fraction of sp³-hybridized carbons (Fsp3) is 0.160. The fourth-order valence-corrected chi connectivity index (χ4v) is 3.42. The monoisotopic (exact) mass is 397 g/mol. The summed E-state index contributed by atoms with van der Waals surface area (Å²) in [5, 5.41) is 7.12. The first kappa shape index (κ1) is 19.6. The van der Waals surface area contributed by atoms with Gasteiger partial charge in [-0.1, -0.05) is 84.0 Å². The number of carbonyl (C=O) groups is 1. The van der Waals surface area contributed by atoms with Crippen molar-refractivity contribution in [3.63, 3.8) is 0 Å². The topological polar surface area (TPSA) is 68.0 Å². The molecule has 30 heavy (non-hydrogen) atoms. The SMILES string of the molecule is Cc1ccccc1-c1nc(CC(=O)NC(Cc2ccccc2)c2ccccc2)no1. The maximum absolute atomic E-state index is 12.8. The number of rotatable bonds is 7. The van der Waals surface area contributed by atoms with Gasteiger partial charge in [0.15, 0.2) is 5.82 Å². The van der Waals surface area contributed by atoms with E-state index in [4.69, 9.17) is 4.52 Å². The number of hydrogen-bond acceptors (Lipinski definition) is 4. The fourth-order valence-electron chi connectivity index (χ4n) is 3.42. The first-order valence-corrected chi connectivity index (χ1v) is 9.96. The molecule has 3 aromatic carbocycles. The Morgan fingerprint density at radius 1 is 0.933 bits per heavy atom. The van der Waals surface area contributed by atoms with Crippen molar-refractivity contribution in [2.75, 3.05) is 0 Å². The zero-order valence-corrected chi connectivity index (χ0v) is 16.8. The van der Waals surface area contributed by atoms with E-state index in [9.17, 15) is 4.79 Å². The Bertz CT molecular complexity index is 1110. The summed E-state index contributed by atoms with van der Waals surface area (Å²) in [6.45, 7) is 1.99. The number of nitrogens with zero attached hydrogens (tertiary/aromatic N) is 2. The van der Waals surface area contributed by atoms with E-state index < -0.39 is 0 Å². The smallest absolute Gasteiger partial charge is 0.258 e. The molecule has 150 valence electrons. The molecular weight excluding hydrogens is 374 g/mol. The zero-order valence-electron chi connectivity index (χ0n) is 16.8. The Balaban J connectivity index is 1.47. The third-order valence-corrected chi connectivity index (χ3v) is 4.98. The largest absolute Gasteiger partial charge is 0.349 e. The van der Waals surface area contributed by atoms with E-state index in [0.717, 1.165) is 22.3 Å². The van der Waals surface area contributed by atoms with Crippen molar-refractivity contribution < 1.29 is 9.32 Å². The molecule has 0 aliphatic heterocycles. The molecule has 1 N–H and O–H groups in total. The minimum Gasteiger partial charge on any atom is -0.349 e. The third kappa shape index (κ3) is 4.81. The number of nitrogens with one attached hydrogen (secondary N) is 1. The average Bonchev–Trinajstić information content (AvgIpc) is 3.23. The van der Waals surface area contributed by atoms with Crippen LogP contribution < -0.4 is 5.32 Å². The molecule has 0 saturated heterocycles. The number of benzene rings is 3. The quantitative estimate of drug-likeness (QED) is 0.491. The maximum Gasteiger partial charge on any atom is 0.258 e. The van der Waals surface area contributed by atoms with E-state index in [-0.39, 0.29) is 18.4 Å². The summed E-state index contributed by atoms with van der Waals surface area (Å²) >= 11 is 0. The highest BCUT2D eigenvalue weighted by atomic mass is 16.5. The van der Waals surface area contributed by atoms with E-state index in [1.807, 2.05) is 79.7 Å². The molecule has 0 radical (unpaired) electrons. The molecule has 1 amide bonds. The predicted molar refractivity (Wildman–Crippen MR) is 116 cm³/mol. The van der Waals surface area contributed by atoms with Crippen LogP contribution in [0.15, 0.2) is 89.5 Å². The molecule has 0 fully saturated rings. The minimum absolute atomic E-state index is 0.0630. The van der Waals surface area contributed by atoms with Gasteiger partial charge in [0.25, 0.3) is 5.89 Å². The summed E-state index contributed by atoms with van der Waals surface area (Å²) in [5.41, 5.74) is 4.14. The summed E-state index contributed by atoms with van der Waals surface area (Å²) in [6.07, 6.45) is 0.769. The molecule has 0 saturated carbocycles. The van der Waals surface area contributed by atoms with Crippen molar-refractivity contribution >= 4 is 5.91 Å². The van der Waals surface area contributed by atoms with Crippen molar-refractivity contribution in [1.82, 2.24) is 15.5 Å². The Kier molecular flexibility index (Phi) is 5.99. The molecule has 0 bridgehead atoms. The molecule has 4 aromatic rings. The summed E-state index contributed by atoms with van der Waals surface area (Å²) in [5.74, 6) is 0.661. The van der Waals surface area contributed by atoms with E-state index in [1.165, 1.54) is 0 Å². The van der Waals surface area contributed by atoms with Crippen molar-refractivity contribution in [3.8, 4) is 11.5 Å². The molecule has 5 heteroatoms. The second-order valence-corrected chi connectivity index (χ2v) is 7.23. The first-order chi connectivity index (χ1) is 14.7. The van der Waals surface area contributed by atoms with E-state index >= 15 is 0 Å². The van der Waals surface area contributed by atoms with Crippen molar-refractivity contribution in [2.45, 2.75) is 25.8 Å². The number of carbonyl (C=O) groups excluding carboxylic acids is 1. The van der Waals surface area contributed by atoms with Crippen LogP contribution in [0.3, 0.4) is 0 Å². The van der Waals surface area contributed by atoms with E-state index in [2.05, 4.69) is 27.6 Å². The molecule has 1 heterocycles. The summed E-state index contributed by atoms with van der Waals surface area (Å²) < 4.78 is 5.38. The van der Waals surface area contributed by atoms with Gasteiger partial charge in [0.05, 0.1) is 12.5 Å². The maximum atomic E-state index is 12.8. The van der Waals surface area contributed by atoms with Gasteiger partial charge in [-0.2, -0.15) is 4.98 Å². The van der Waals surface area contributed by atoms with Crippen molar-refractivity contribution in [1.29, 1.82) is 0 Å². The lowest BCUT2D eigenvalue weighted by Crippen LogP contribution is -2.31. The molecule has 0 spiro atoms. The van der Waals surface area contributed by atoms with Crippen molar-refractivity contribution in [2.24, 2.45) is 0 Å². The van der Waals surface area contributed by atoms with Gasteiger partial charge in [-0.15, -0.1) is 0 Å². The highest BCUT2D eigenvalue weighted by molar-refractivity contribution is 5.78. The third-order valence-electron chi connectivity index (χ3n) is 4.98. The molecule has 1 atom stereocenters. The average molecular weight is 397 g/mol. The summed E-state index contributed by atoms with van der Waals surface area (Å²) in [6, 6.07) is 27.8. The Morgan fingerprint density at radius 3 is 2.33 bits per heavy atom. The van der Waals surface area contributed by atoms with Crippen molar-refractivity contribution in [3.05, 3.63) is 107 Å². The van der Waals surface area contributed by atoms with E-state index in [0.29, 0.717) is 18.1 Å². The highest BCUT2D eigenvalue weighted by Crippen LogP contribution is 2.22. The molecule has 0 aliphatic rings. The zero-order chi connectivity index (χ0) is 20.8. The van der Waals surface area contributed by atoms with Crippen LogP contribution in [0.4, 0.5) is 0 Å². The second kappa shape index (κ2) is 9.18. The van der Waals surface area contributed by atoms with Crippen LogP contribution in [0, 0.1) is 6.92 Å². The molecule has 4 rings (SSSR count). The molecule has 1 unspecified atom stereocenters. The number of aromatic nitrogens is 2. The van der Waals surface area contributed by atoms with Gasteiger partial charge in [-0.05, 0) is 36.1 Å². The van der Waals surface area contributed by atoms with Crippen LogP contribution >= 0.6 is 0 Å². The van der Waals surface area contributed by atoms with Crippen LogP contribution in [-0.2, 0) is 17.6 Å². The van der Waals surface area contributed by atoms with Crippen LogP contribution in [0.2, 0.25) is 0 Å². The lowest BCUT2D eigenvalue weighted by Gasteiger charge is -2.19. The highest BCUT2D eigenvalue weighted by Gasteiger charge is 2.18. The first-order valence-electron chi connectivity index (χ1n) is 9.96. The van der Waals surface area contributed by atoms with Gasteiger partial charge in [0, 0.05) is 5.56 Å². The van der Waals surface area contributed by atoms with Gasteiger partial charge in [-0.3, -0.25) is 4.79 Å². The summed E-state index contributed by atoms with van der Waals surface area (Å²) in [7, 11) is 0. The van der Waals surface area contributed by atoms with Gasteiger partial charge < -0.3 is 9.84 Å². The number of hydrogen-bond donors (Lipinski definition) is 1. The van der Waals surface area contributed by atoms with Crippen LogP contribution in [0.5, 0.6) is 0 Å². The Labute approximate surface area is 175 Å². The molecule has 1 aromatic heterocycles. The van der Waals surface area contributed by atoms with Gasteiger partial charge in [0.2, 0.25) is 5.91 Å². The Hall–Kier alpha value is -3.73. The van der Waals surface area contributed by atoms with Gasteiger partial charge in [-0.25, -0.2) is 0 Å². The molecular formula is C25H23N3O2. The van der Waals surface area contributed by atoms with Crippen LogP contribution in [-0.4, -0.2) is 16.0 Å². The molecule has 0 aliphatic carbocycles. The standard InChI is InChI=1S/C25H23N3O2/c1-18-10-8-9-15-21(18)25-27-23(28-30-25)17-24(29)26-22(20-13-6-3-7-14-20)16-19-11-4-2-5-12-19/h2-15,22H,16-17H2,1H3,(H,26,29). The minimum atomic E-state index is -0.142. The normalized spacial score (nSPS) is 11.8. The number of aryl methyl sites for hydroxylation is 1. The molecule has 5 nitrogen and oxygen atoms in total. The van der Waals surface area contributed by atoms with Crippen LogP contribution in [0.1, 0.15) is 28.6 Å². The van der Waals surface area contributed by atoms with Gasteiger partial charge in [0.1, 0.15) is 0 Å². The lowest BCUT2D eigenvalue weighted by molar-refractivity contribution is -0.121. The second-order valence-electron chi connectivity index (χ2n) is 7.23. The predicted octanol–water partition coefficient (Wildman–Crippen LogP) is 4.69. The van der Waals surface area contributed by atoms with Crippen LogP contribution in [0.25, 0.3) is 11.5 Å². The lowest BCUT2D eigenvalue weighted by atomic mass is 9.98. The van der Waals surface area contributed by atoms with Gasteiger partial charge >= 0.3 is 0 Å². The van der Waals surface area contributed by atoms with E-state index in [1.54, 1.807) is 0 Å². The summed E-state index contributed by atoms with van der Waals surface area (Å²) in [4.78, 5) is 17.2.